The summed E-state index contributed by atoms with van der Waals surface area (Å²) in [6, 6.07) is 13.2. The zero-order valence-electron chi connectivity index (χ0n) is 17.5. The Kier molecular flexibility index (Phi) is 7.02. The van der Waals surface area contributed by atoms with Crippen molar-refractivity contribution in [2.24, 2.45) is 0 Å². The van der Waals surface area contributed by atoms with Crippen LogP contribution in [0.4, 0.5) is 5.82 Å². The van der Waals surface area contributed by atoms with E-state index in [0.29, 0.717) is 27.1 Å². The average Bonchev–Trinajstić information content (AvgIpc) is 2.73. The van der Waals surface area contributed by atoms with E-state index in [1.807, 2.05) is 57.2 Å². The number of aryl methyl sites for hydroxylation is 2. The quantitative estimate of drug-likeness (QED) is 0.298. The minimum absolute atomic E-state index is 0.0774. The molecule has 160 valence electrons. The van der Waals surface area contributed by atoms with E-state index in [4.69, 9.17) is 5.41 Å². The summed E-state index contributed by atoms with van der Waals surface area (Å²) in [5, 5.41) is 13.9. The van der Waals surface area contributed by atoms with Gasteiger partial charge in [0.25, 0.3) is 11.5 Å². The Balaban J connectivity index is 1.86. The minimum atomic E-state index is -0.392. The van der Waals surface area contributed by atoms with Crippen LogP contribution in [-0.2, 0) is 6.54 Å². The van der Waals surface area contributed by atoms with Crippen LogP contribution >= 0.6 is 15.9 Å². The van der Waals surface area contributed by atoms with Crippen molar-refractivity contribution in [1.82, 2.24) is 15.3 Å². The molecule has 0 aliphatic carbocycles. The number of aromatic amines is 1. The molecule has 0 bridgehead atoms. The molecule has 0 spiro atoms. The maximum atomic E-state index is 12.9. The second-order valence-corrected chi connectivity index (χ2v) is 8.11. The molecule has 0 aliphatic rings. The molecule has 7 nitrogen and oxygen atoms in total. The molecule has 0 saturated carbocycles. The minimum Gasteiger partial charge on any atom is -0.363 e. The van der Waals surface area contributed by atoms with Crippen LogP contribution in [0.15, 0.2) is 51.9 Å². The highest BCUT2D eigenvalue weighted by atomic mass is 79.9. The van der Waals surface area contributed by atoms with Gasteiger partial charge in [-0.05, 0) is 60.0 Å². The number of benzene rings is 1. The monoisotopic (exact) mass is 481 g/mol. The van der Waals surface area contributed by atoms with E-state index >= 15 is 0 Å². The standard InChI is InChI=1S/C23H24BrN5O2/c1-13-9-14(2)27-23(31)19(13)12-26-22(30)17-10-20(24)29-21(18(17)11-25)28-15(3)16-7-5-4-6-8-16/h4-11,15,25H,12H2,1-3H3,(H,26,30)(H,27,31)(H,28,29). The highest BCUT2D eigenvalue weighted by molar-refractivity contribution is 9.10. The molecule has 4 N–H and O–H groups in total. The number of aromatic nitrogens is 2. The number of anilines is 1. The van der Waals surface area contributed by atoms with Gasteiger partial charge in [-0.3, -0.25) is 9.59 Å². The zero-order chi connectivity index (χ0) is 22.5. The summed E-state index contributed by atoms with van der Waals surface area (Å²) in [4.78, 5) is 32.3. The number of hydrogen-bond donors (Lipinski definition) is 4. The molecule has 1 amide bonds. The zero-order valence-corrected chi connectivity index (χ0v) is 19.1. The van der Waals surface area contributed by atoms with Crippen LogP contribution in [0.1, 0.15) is 51.3 Å². The molecule has 0 saturated heterocycles. The second-order valence-electron chi connectivity index (χ2n) is 7.30. The van der Waals surface area contributed by atoms with E-state index in [-0.39, 0.29) is 18.1 Å². The van der Waals surface area contributed by atoms with Gasteiger partial charge in [-0.1, -0.05) is 30.3 Å². The molecule has 1 aromatic carbocycles. The van der Waals surface area contributed by atoms with Crippen LogP contribution < -0.4 is 16.2 Å². The molecule has 3 rings (SSSR count). The third-order valence-corrected chi connectivity index (χ3v) is 5.39. The molecule has 0 aliphatic heterocycles. The smallest absolute Gasteiger partial charge is 0.253 e. The van der Waals surface area contributed by atoms with Crippen molar-refractivity contribution in [3.05, 3.63) is 90.9 Å². The van der Waals surface area contributed by atoms with Crippen LogP contribution in [0.5, 0.6) is 0 Å². The van der Waals surface area contributed by atoms with Gasteiger partial charge in [0.15, 0.2) is 0 Å². The number of carbonyl (C=O) groups is 1. The number of H-pyrrole nitrogens is 1. The summed E-state index contributed by atoms with van der Waals surface area (Å²) < 4.78 is 0.468. The SMILES string of the molecule is Cc1cc(C)c(CNC(=O)c2cc(Br)nc(NC(C)c3ccccc3)c2C=N)c(=O)[nH]1. The maximum Gasteiger partial charge on any atom is 0.253 e. The van der Waals surface area contributed by atoms with Gasteiger partial charge >= 0.3 is 0 Å². The lowest BCUT2D eigenvalue weighted by Crippen LogP contribution is -2.29. The van der Waals surface area contributed by atoms with Crippen molar-refractivity contribution < 1.29 is 4.79 Å². The van der Waals surface area contributed by atoms with E-state index in [1.165, 1.54) is 0 Å². The van der Waals surface area contributed by atoms with Gasteiger partial charge in [0.1, 0.15) is 10.4 Å². The summed E-state index contributed by atoms with van der Waals surface area (Å²) in [6.45, 7) is 5.72. The fraction of sp³-hybridized carbons (Fsp3) is 0.217. The first-order chi connectivity index (χ1) is 14.8. The van der Waals surface area contributed by atoms with E-state index in [1.54, 1.807) is 6.07 Å². The Morgan fingerprint density at radius 2 is 1.97 bits per heavy atom. The third-order valence-electron chi connectivity index (χ3n) is 4.99. The van der Waals surface area contributed by atoms with Crippen LogP contribution in [0.3, 0.4) is 0 Å². The summed E-state index contributed by atoms with van der Waals surface area (Å²) in [5.41, 5.74) is 3.58. The summed E-state index contributed by atoms with van der Waals surface area (Å²) in [7, 11) is 0. The lowest BCUT2D eigenvalue weighted by Gasteiger charge is -2.18. The molecular formula is C23H24BrN5O2. The van der Waals surface area contributed by atoms with Gasteiger partial charge in [0.05, 0.1) is 5.56 Å². The molecule has 3 aromatic rings. The third kappa shape index (κ3) is 5.27. The highest BCUT2D eigenvalue weighted by Crippen LogP contribution is 2.25. The van der Waals surface area contributed by atoms with E-state index in [9.17, 15) is 9.59 Å². The van der Waals surface area contributed by atoms with Crippen molar-refractivity contribution in [3.8, 4) is 0 Å². The largest absolute Gasteiger partial charge is 0.363 e. The average molecular weight is 482 g/mol. The fourth-order valence-corrected chi connectivity index (χ4v) is 3.77. The molecular weight excluding hydrogens is 458 g/mol. The van der Waals surface area contributed by atoms with Crippen LogP contribution in [0, 0.1) is 19.3 Å². The molecule has 1 atom stereocenters. The van der Waals surface area contributed by atoms with Crippen molar-refractivity contribution in [1.29, 1.82) is 5.41 Å². The number of carbonyl (C=O) groups excluding carboxylic acids is 1. The van der Waals surface area contributed by atoms with Gasteiger partial charge < -0.3 is 21.0 Å². The molecule has 1 unspecified atom stereocenters. The van der Waals surface area contributed by atoms with Gasteiger partial charge in [0.2, 0.25) is 0 Å². The summed E-state index contributed by atoms with van der Waals surface area (Å²) in [6.07, 6.45) is 1.11. The van der Waals surface area contributed by atoms with Crippen molar-refractivity contribution in [2.75, 3.05) is 5.32 Å². The first-order valence-electron chi connectivity index (χ1n) is 9.80. The Morgan fingerprint density at radius 1 is 1.26 bits per heavy atom. The molecule has 0 radical (unpaired) electrons. The Bertz CT molecular complexity index is 1170. The number of pyridine rings is 2. The normalized spacial score (nSPS) is 11.6. The first-order valence-corrected chi connectivity index (χ1v) is 10.6. The van der Waals surface area contributed by atoms with Crippen molar-refractivity contribution >= 4 is 33.9 Å². The summed E-state index contributed by atoms with van der Waals surface area (Å²) >= 11 is 3.36. The summed E-state index contributed by atoms with van der Waals surface area (Å²) in [5.74, 6) is 0.0339. The Morgan fingerprint density at radius 3 is 2.61 bits per heavy atom. The predicted octanol–water partition coefficient (Wildman–Crippen LogP) is 4.25. The Hall–Kier alpha value is -3.26. The van der Waals surface area contributed by atoms with Crippen LogP contribution in [-0.4, -0.2) is 22.1 Å². The first kappa shape index (κ1) is 22.4. The van der Waals surface area contributed by atoms with Gasteiger partial charge in [0, 0.05) is 35.6 Å². The predicted molar refractivity (Wildman–Crippen MR) is 126 cm³/mol. The number of amides is 1. The van der Waals surface area contributed by atoms with E-state index < -0.39 is 5.91 Å². The van der Waals surface area contributed by atoms with Crippen molar-refractivity contribution in [3.63, 3.8) is 0 Å². The maximum absolute atomic E-state index is 12.9. The molecule has 2 heterocycles. The molecule has 0 fully saturated rings. The van der Waals surface area contributed by atoms with Crippen LogP contribution in [0.2, 0.25) is 0 Å². The number of nitrogens with one attached hydrogen (secondary N) is 4. The molecule has 8 heteroatoms. The number of nitrogens with zero attached hydrogens (tertiary/aromatic N) is 1. The van der Waals surface area contributed by atoms with E-state index in [2.05, 4.69) is 36.5 Å². The lowest BCUT2D eigenvalue weighted by atomic mass is 10.1. The fourth-order valence-electron chi connectivity index (χ4n) is 3.36. The van der Waals surface area contributed by atoms with Gasteiger partial charge in [-0.25, -0.2) is 4.98 Å². The second kappa shape index (κ2) is 9.70. The van der Waals surface area contributed by atoms with Crippen molar-refractivity contribution in [2.45, 2.75) is 33.4 Å². The van der Waals surface area contributed by atoms with Crippen LogP contribution in [0.25, 0.3) is 0 Å². The van der Waals surface area contributed by atoms with E-state index in [0.717, 1.165) is 23.0 Å². The topological polar surface area (TPSA) is 111 Å². The number of hydrogen-bond acceptors (Lipinski definition) is 5. The van der Waals surface area contributed by atoms with Gasteiger partial charge in [-0.2, -0.15) is 0 Å². The molecule has 31 heavy (non-hydrogen) atoms. The Labute approximate surface area is 189 Å². The molecule has 2 aromatic heterocycles. The van der Waals surface area contributed by atoms with Gasteiger partial charge in [-0.15, -0.1) is 0 Å². The number of halogens is 1. The number of rotatable bonds is 7. The highest BCUT2D eigenvalue weighted by Gasteiger charge is 2.19. The lowest BCUT2D eigenvalue weighted by molar-refractivity contribution is 0.0950.